The van der Waals surface area contributed by atoms with Crippen LogP contribution < -0.4 is 0 Å². The van der Waals surface area contributed by atoms with Gasteiger partial charge >= 0.3 is 5.97 Å². The molecule has 0 saturated heterocycles. The lowest BCUT2D eigenvalue weighted by Gasteiger charge is -2.02. The first-order valence-corrected chi connectivity index (χ1v) is 5.76. The first kappa shape index (κ1) is 12.4. The molecule has 0 bridgehead atoms. The van der Waals surface area contributed by atoms with Crippen LogP contribution in [0.15, 0.2) is 22.7 Å². The summed E-state index contributed by atoms with van der Waals surface area (Å²) in [6.45, 7) is 0. The van der Waals surface area contributed by atoms with Crippen LogP contribution in [0, 0.1) is 11.3 Å². The highest BCUT2D eigenvalue weighted by Gasteiger charge is 2.10. The van der Waals surface area contributed by atoms with Gasteiger partial charge in [-0.25, -0.2) is 4.79 Å². The molecule has 0 amide bonds. The lowest BCUT2D eigenvalue weighted by Crippen LogP contribution is -2.03. The van der Waals surface area contributed by atoms with Crippen molar-refractivity contribution in [1.82, 2.24) is 4.57 Å². The van der Waals surface area contributed by atoms with Gasteiger partial charge in [0.1, 0.15) is 11.6 Å². The minimum absolute atomic E-state index is 0.00338. The number of esters is 1. The van der Waals surface area contributed by atoms with Crippen molar-refractivity contribution in [3.05, 3.63) is 23.4 Å². The summed E-state index contributed by atoms with van der Waals surface area (Å²) in [5, 5.41) is 9.87. The van der Waals surface area contributed by atoms with Gasteiger partial charge in [0, 0.05) is 12.7 Å². The predicted octanol–water partition coefficient (Wildman–Crippen LogP) is 1.83. The van der Waals surface area contributed by atoms with Crippen molar-refractivity contribution in [2.24, 2.45) is 7.05 Å². The molecule has 0 aliphatic carbocycles. The smallest absolute Gasteiger partial charge is 0.348 e. The molecular weight excluding hydrogens is 224 g/mol. The molecule has 0 N–H and O–H groups in total. The van der Waals surface area contributed by atoms with Crippen LogP contribution in [-0.2, 0) is 16.6 Å². The predicted molar refractivity (Wildman–Crippen MR) is 62.8 cm³/mol. The number of hydrogen-bond donors (Lipinski definition) is 0. The van der Waals surface area contributed by atoms with Gasteiger partial charge in [0.05, 0.1) is 12.1 Å². The van der Waals surface area contributed by atoms with Gasteiger partial charge in [0.25, 0.3) is 0 Å². The molecule has 0 spiro atoms. The van der Waals surface area contributed by atoms with Crippen LogP contribution in [0.2, 0.25) is 0 Å². The van der Waals surface area contributed by atoms with Gasteiger partial charge < -0.3 is 9.30 Å². The van der Waals surface area contributed by atoms with Gasteiger partial charge in [-0.15, -0.1) is 11.8 Å². The molecule has 16 heavy (non-hydrogen) atoms. The van der Waals surface area contributed by atoms with Crippen LogP contribution in [0.3, 0.4) is 0 Å². The van der Waals surface area contributed by atoms with E-state index >= 15 is 0 Å². The van der Waals surface area contributed by atoms with Gasteiger partial charge in [-0.1, -0.05) is 0 Å². The molecule has 1 rings (SSSR count). The lowest BCUT2D eigenvalue weighted by molar-refractivity contribution is -0.135. The van der Waals surface area contributed by atoms with E-state index in [1.54, 1.807) is 11.8 Å². The van der Waals surface area contributed by atoms with E-state index in [0.29, 0.717) is 0 Å². The second kappa shape index (κ2) is 5.42. The quantitative estimate of drug-likeness (QED) is 0.348. The number of rotatable bonds is 3. The van der Waals surface area contributed by atoms with Crippen molar-refractivity contribution >= 4 is 23.8 Å². The Bertz CT molecular complexity index is 469. The molecule has 84 valence electrons. The summed E-state index contributed by atoms with van der Waals surface area (Å²) in [5.41, 5.74) is 0.794. The number of aromatic nitrogens is 1. The summed E-state index contributed by atoms with van der Waals surface area (Å²) in [6.07, 6.45) is 3.49. The standard InChI is InChI=1S/C11H12N2O2S/c1-13-9(4-5-10(13)16-3)6-8(7-12)11(14)15-2/h4-6H,1-3H3/b8-6+. The molecule has 1 aromatic heterocycles. The summed E-state index contributed by atoms with van der Waals surface area (Å²) in [5.74, 6) is -0.616. The largest absolute Gasteiger partial charge is 0.465 e. The zero-order valence-corrected chi connectivity index (χ0v) is 10.2. The van der Waals surface area contributed by atoms with E-state index in [9.17, 15) is 4.79 Å². The van der Waals surface area contributed by atoms with E-state index < -0.39 is 5.97 Å². The lowest BCUT2D eigenvalue weighted by atomic mass is 10.2. The van der Waals surface area contributed by atoms with Crippen LogP contribution in [0.4, 0.5) is 0 Å². The first-order chi connectivity index (χ1) is 7.63. The van der Waals surface area contributed by atoms with Crippen molar-refractivity contribution in [3.8, 4) is 6.07 Å². The normalized spacial score (nSPS) is 11.0. The molecule has 0 aromatic carbocycles. The maximum atomic E-state index is 11.2. The van der Waals surface area contributed by atoms with Gasteiger partial charge in [-0.2, -0.15) is 5.26 Å². The van der Waals surface area contributed by atoms with Gasteiger partial charge in [-0.05, 0) is 24.5 Å². The summed E-state index contributed by atoms with van der Waals surface area (Å²) in [7, 11) is 3.13. The number of carbonyl (C=O) groups is 1. The van der Waals surface area contributed by atoms with Crippen LogP contribution in [0.1, 0.15) is 5.69 Å². The Hall–Kier alpha value is -1.67. The maximum absolute atomic E-state index is 11.2. The maximum Gasteiger partial charge on any atom is 0.348 e. The summed E-state index contributed by atoms with van der Waals surface area (Å²) < 4.78 is 6.41. The average molecular weight is 236 g/mol. The van der Waals surface area contributed by atoms with Crippen LogP contribution in [0.25, 0.3) is 6.08 Å². The Morgan fingerprint density at radius 3 is 2.75 bits per heavy atom. The average Bonchev–Trinajstić information content (AvgIpc) is 2.66. The number of nitrogens with zero attached hydrogens (tertiary/aromatic N) is 2. The fourth-order valence-electron chi connectivity index (χ4n) is 1.25. The van der Waals surface area contributed by atoms with E-state index in [1.807, 2.05) is 36.1 Å². The number of ether oxygens (including phenoxy) is 1. The van der Waals surface area contributed by atoms with E-state index in [4.69, 9.17) is 5.26 Å². The third-order valence-corrected chi connectivity index (χ3v) is 2.97. The fourth-order valence-corrected chi connectivity index (χ4v) is 1.84. The van der Waals surface area contributed by atoms with Gasteiger partial charge in [0.15, 0.2) is 0 Å². The van der Waals surface area contributed by atoms with E-state index in [-0.39, 0.29) is 5.57 Å². The molecule has 5 heteroatoms. The highest BCUT2D eigenvalue weighted by atomic mass is 32.2. The molecule has 1 heterocycles. The second-order valence-corrected chi connectivity index (χ2v) is 3.85. The van der Waals surface area contributed by atoms with Crippen molar-refractivity contribution in [1.29, 1.82) is 5.26 Å². The van der Waals surface area contributed by atoms with Crippen molar-refractivity contribution in [3.63, 3.8) is 0 Å². The Morgan fingerprint density at radius 2 is 2.31 bits per heavy atom. The molecule has 0 aliphatic heterocycles. The van der Waals surface area contributed by atoms with Gasteiger partial charge in [0.2, 0.25) is 0 Å². The zero-order valence-electron chi connectivity index (χ0n) is 9.35. The van der Waals surface area contributed by atoms with Crippen molar-refractivity contribution in [2.75, 3.05) is 13.4 Å². The third-order valence-electron chi connectivity index (χ3n) is 2.14. The molecule has 0 saturated carbocycles. The molecular formula is C11H12N2O2S. The number of thioether (sulfide) groups is 1. The Labute approximate surface area is 98.5 Å². The van der Waals surface area contributed by atoms with Crippen molar-refractivity contribution < 1.29 is 9.53 Å². The highest BCUT2D eigenvalue weighted by molar-refractivity contribution is 7.98. The summed E-state index contributed by atoms with van der Waals surface area (Å²) in [6, 6.07) is 5.61. The number of hydrogen-bond acceptors (Lipinski definition) is 4. The Kier molecular flexibility index (Phi) is 4.20. The number of carbonyl (C=O) groups excluding carboxylic acids is 1. The minimum atomic E-state index is -0.616. The summed E-state index contributed by atoms with van der Waals surface area (Å²) in [4.78, 5) is 11.2. The van der Waals surface area contributed by atoms with E-state index in [0.717, 1.165) is 10.7 Å². The second-order valence-electron chi connectivity index (χ2n) is 3.02. The summed E-state index contributed by atoms with van der Waals surface area (Å²) >= 11 is 1.60. The van der Waals surface area contributed by atoms with Gasteiger partial charge in [-0.3, -0.25) is 0 Å². The van der Waals surface area contributed by atoms with E-state index in [1.165, 1.54) is 13.2 Å². The minimum Gasteiger partial charge on any atom is -0.465 e. The molecule has 1 aromatic rings. The topological polar surface area (TPSA) is 55.0 Å². The third kappa shape index (κ3) is 2.47. The zero-order chi connectivity index (χ0) is 12.1. The van der Waals surface area contributed by atoms with Crippen LogP contribution in [-0.4, -0.2) is 23.9 Å². The SMILES string of the molecule is COC(=O)/C(C#N)=C/c1ccc(SC)n1C. The Morgan fingerprint density at radius 1 is 1.62 bits per heavy atom. The Balaban J connectivity index is 3.10. The first-order valence-electron chi connectivity index (χ1n) is 4.53. The molecule has 0 atom stereocenters. The number of nitriles is 1. The van der Waals surface area contributed by atoms with Crippen LogP contribution >= 0.6 is 11.8 Å². The molecule has 4 nitrogen and oxygen atoms in total. The molecule has 0 fully saturated rings. The monoisotopic (exact) mass is 236 g/mol. The molecule has 0 aliphatic rings. The fraction of sp³-hybridized carbons (Fsp3) is 0.273. The highest BCUT2D eigenvalue weighted by Crippen LogP contribution is 2.19. The van der Waals surface area contributed by atoms with Crippen LogP contribution in [0.5, 0.6) is 0 Å². The van der Waals surface area contributed by atoms with Crippen molar-refractivity contribution in [2.45, 2.75) is 5.03 Å². The number of methoxy groups -OCH3 is 1. The van der Waals surface area contributed by atoms with E-state index in [2.05, 4.69) is 4.74 Å². The molecule has 0 unspecified atom stereocenters. The molecule has 0 radical (unpaired) electrons.